The Labute approximate surface area is 133 Å². The molecular formula is C15H21N3O3S. The fraction of sp³-hybridized carbons (Fsp3) is 0.533. The summed E-state index contributed by atoms with van der Waals surface area (Å²) in [5, 5.41) is 6.07. The molecule has 120 valence electrons. The first-order valence-corrected chi connectivity index (χ1v) is 7.98. The predicted molar refractivity (Wildman–Crippen MR) is 86.1 cm³/mol. The monoisotopic (exact) mass is 323 g/mol. The van der Waals surface area contributed by atoms with Crippen LogP contribution in [0, 0.1) is 12.3 Å². The van der Waals surface area contributed by atoms with Gasteiger partial charge in [0.1, 0.15) is 5.00 Å². The summed E-state index contributed by atoms with van der Waals surface area (Å²) in [6.45, 7) is 8.33. The molecule has 0 bridgehead atoms. The van der Waals surface area contributed by atoms with E-state index < -0.39 is 5.41 Å². The second-order valence-corrected chi connectivity index (χ2v) is 7.64. The quantitative estimate of drug-likeness (QED) is 0.868. The summed E-state index contributed by atoms with van der Waals surface area (Å²) in [6.07, 6.45) is 0. The summed E-state index contributed by atoms with van der Waals surface area (Å²) in [5.74, 6) is -0.518. The zero-order valence-corrected chi connectivity index (χ0v) is 14.1. The van der Waals surface area contributed by atoms with E-state index >= 15 is 0 Å². The van der Waals surface area contributed by atoms with E-state index in [4.69, 9.17) is 0 Å². The van der Waals surface area contributed by atoms with Gasteiger partial charge in [0.15, 0.2) is 0 Å². The number of nitrogens with zero attached hydrogens (tertiary/aromatic N) is 1. The largest absolute Gasteiger partial charge is 0.353 e. The first-order chi connectivity index (χ1) is 10.2. The van der Waals surface area contributed by atoms with Crippen LogP contribution in [0.15, 0.2) is 6.07 Å². The van der Waals surface area contributed by atoms with E-state index in [2.05, 4.69) is 10.6 Å². The predicted octanol–water partition coefficient (Wildman–Crippen LogP) is 1.61. The Morgan fingerprint density at radius 1 is 1.36 bits per heavy atom. The number of thiophene rings is 1. The minimum Gasteiger partial charge on any atom is -0.353 e. The molecule has 1 saturated heterocycles. The van der Waals surface area contributed by atoms with Crippen LogP contribution in [0.25, 0.3) is 0 Å². The minimum atomic E-state index is -0.538. The van der Waals surface area contributed by atoms with Crippen molar-refractivity contribution in [2.45, 2.75) is 27.7 Å². The first-order valence-electron chi connectivity index (χ1n) is 7.16. The number of hydrogen-bond acceptors (Lipinski definition) is 4. The lowest BCUT2D eigenvalue weighted by atomic mass is 9.96. The average Bonchev–Trinajstić information content (AvgIpc) is 2.77. The zero-order valence-electron chi connectivity index (χ0n) is 13.3. The molecule has 0 aliphatic carbocycles. The van der Waals surface area contributed by atoms with Crippen molar-refractivity contribution >= 4 is 34.1 Å². The average molecular weight is 323 g/mol. The van der Waals surface area contributed by atoms with Crippen molar-refractivity contribution in [3.8, 4) is 0 Å². The van der Waals surface area contributed by atoms with Crippen molar-refractivity contribution in [2.24, 2.45) is 5.41 Å². The van der Waals surface area contributed by atoms with Crippen LogP contribution in [-0.4, -0.2) is 42.3 Å². The van der Waals surface area contributed by atoms with Crippen LogP contribution >= 0.6 is 11.3 Å². The van der Waals surface area contributed by atoms with E-state index in [-0.39, 0.29) is 24.3 Å². The van der Waals surface area contributed by atoms with Crippen LogP contribution in [0.1, 0.15) is 36.0 Å². The number of amides is 3. The standard InChI is InChI=1S/C15H21N3O3S/c1-9-7-10(12(22-9)17-14(21)15(2,3)4)13(20)18-6-5-16-11(19)8-18/h7H,5-6,8H2,1-4H3,(H,16,19)(H,17,21). The van der Waals surface area contributed by atoms with Gasteiger partial charge in [0, 0.05) is 23.4 Å². The highest BCUT2D eigenvalue weighted by molar-refractivity contribution is 7.16. The number of nitrogens with one attached hydrogen (secondary N) is 2. The molecule has 2 N–H and O–H groups in total. The lowest BCUT2D eigenvalue weighted by Crippen LogP contribution is -2.50. The minimum absolute atomic E-state index is 0.0559. The lowest BCUT2D eigenvalue weighted by molar-refractivity contribution is -0.124. The summed E-state index contributed by atoms with van der Waals surface area (Å²) in [4.78, 5) is 38.6. The van der Waals surface area contributed by atoms with Crippen LogP contribution in [-0.2, 0) is 9.59 Å². The van der Waals surface area contributed by atoms with Crippen molar-refractivity contribution in [1.82, 2.24) is 10.2 Å². The smallest absolute Gasteiger partial charge is 0.257 e. The molecule has 0 unspecified atom stereocenters. The molecule has 1 aliphatic rings. The van der Waals surface area contributed by atoms with E-state index in [9.17, 15) is 14.4 Å². The number of piperazine rings is 1. The molecule has 0 spiro atoms. The van der Waals surface area contributed by atoms with Gasteiger partial charge in [-0.15, -0.1) is 11.3 Å². The molecular weight excluding hydrogens is 302 g/mol. The Bertz CT molecular complexity index is 616. The van der Waals surface area contributed by atoms with Crippen molar-refractivity contribution in [3.63, 3.8) is 0 Å². The van der Waals surface area contributed by atoms with Crippen molar-refractivity contribution in [1.29, 1.82) is 0 Å². The normalized spacial score (nSPS) is 15.5. The lowest BCUT2D eigenvalue weighted by Gasteiger charge is -2.27. The molecule has 1 aromatic heterocycles. The summed E-state index contributed by atoms with van der Waals surface area (Å²) in [5.41, 5.74) is -0.0850. The van der Waals surface area contributed by atoms with Crippen LogP contribution < -0.4 is 10.6 Å². The second kappa shape index (κ2) is 6.08. The fourth-order valence-corrected chi connectivity index (χ4v) is 2.94. The molecule has 0 saturated carbocycles. The number of rotatable bonds is 2. The maximum atomic E-state index is 12.6. The Morgan fingerprint density at radius 2 is 2.05 bits per heavy atom. The van der Waals surface area contributed by atoms with Crippen molar-refractivity contribution in [2.75, 3.05) is 25.0 Å². The number of anilines is 1. The second-order valence-electron chi connectivity index (χ2n) is 6.38. The summed E-state index contributed by atoms with van der Waals surface area (Å²) in [6, 6.07) is 1.76. The van der Waals surface area contributed by atoms with Gasteiger partial charge in [-0.05, 0) is 13.0 Å². The van der Waals surface area contributed by atoms with Gasteiger partial charge in [-0.3, -0.25) is 14.4 Å². The Hall–Kier alpha value is -1.89. The molecule has 7 heteroatoms. The van der Waals surface area contributed by atoms with Crippen LogP contribution in [0.4, 0.5) is 5.00 Å². The highest BCUT2D eigenvalue weighted by atomic mass is 32.1. The summed E-state index contributed by atoms with van der Waals surface area (Å²) in [7, 11) is 0. The van der Waals surface area contributed by atoms with E-state index in [1.807, 2.05) is 27.7 Å². The number of aryl methyl sites for hydroxylation is 1. The summed E-state index contributed by atoms with van der Waals surface area (Å²) < 4.78 is 0. The first kappa shape index (κ1) is 16.5. The molecule has 22 heavy (non-hydrogen) atoms. The molecule has 2 rings (SSSR count). The zero-order chi connectivity index (χ0) is 16.5. The van der Waals surface area contributed by atoms with Crippen molar-refractivity contribution < 1.29 is 14.4 Å². The van der Waals surface area contributed by atoms with Gasteiger partial charge in [-0.1, -0.05) is 20.8 Å². The third-order valence-electron chi connectivity index (χ3n) is 3.32. The van der Waals surface area contributed by atoms with Gasteiger partial charge in [-0.2, -0.15) is 0 Å². The van der Waals surface area contributed by atoms with Gasteiger partial charge in [-0.25, -0.2) is 0 Å². The topological polar surface area (TPSA) is 78.5 Å². The van der Waals surface area contributed by atoms with E-state index in [0.717, 1.165) is 4.88 Å². The van der Waals surface area contributed by atoms with Crippen LogP contribution in [0.5, 0.6) is 0 Å². The van der Waals surface area contributed by atoms with Crippen LogP contribution in [0.3, 0.4) is 0 Å². The fourth-order valence-electron chi connectivity index (χ4n) is 2.04. The maximum absolute atomic E-state index is 12.6. The highest BCUT2D eigenvalue weighted by Gasteiger charge is 2.28. The molecule has 1 aromatic rings. The third kappa shape index (κ3) is 3.65. The van der Waals surface area contributed by atoms with Gasteiger partial charge < -0.3 is 15.5 Å². The Balaban J connectivity index is 2.22. The number of hydrogen-bond donors (Lipinski definition) is 2. The Kier molecular flexibility index (Phi) is 4.55. The molecule has 6 nitrogen and oxygen atoms in total. The molecule has 0 atom stereocenters. The van der Waals surface area contributed by atoms with E-state index in [1.165, 1.54) is 16.2 Å². The summed E-state index contributed by atoms with van der Waals surface area (Å²) >= 11 is 1.37. The van der Waals surface area contributed by atoms with Gasteiger partial charge in [0.05, 0.1) is 12.1 Å². The van der Waals surface area contributed by atoms with Gasteiger partial charge in [0.2, 0.25) is 11.8 Å². The molecule has 1 aliphatic heterocycles. The van der Waals surface area contributed by atoms with E-state index in [1.54, 1.807) is 6.07 Å². The van der Waals surface area contributed by atoms with E-state index in [0.29, 0.717) is 23.7 Å². The SMILES string of the molecule is Cc1cc(C(=O)N2CCNC(=O)C2)c(NC(=O)C(C)(C)C)s1. The molecule has 0 radical (unpaired) electrons. The molecule has 1 fully saturated rings. The molecule has 2 heterocycles. The molecule has 3 amide bonds. The third-order valence-corrected chi connectivity index (χ3v) is 4.29. The van der Waals surface area contributed by atoms with Crippen LogP contribution in [0.2, 0.25) is 0 Å². The van der Waals surface area contributed by atoms with Gasteiger partial charge in [0.25, 0.3) is 5.91 Å². The highest BCUT2D eigenvalue weighted by Crippen LogP contribution is 2.30. The Morgan fingerprint density at radius 3 is 2.64 bits per heavy atom. The number of carbonyl (C=O) groups excluding carboxylic acids is 3. The number of carbonyl (C=O) groups is 3. The molecule has 0 aromatic carbocycles. The van der Waals surface area contributed by atoms with Crippen molar-refractivity contribution in [3.05, 3.63) is 16.5 Å². The maximum Gasteiger partial charge on any atom is 0.257 e. The van der Waals surface area contributed by atoms with Gasteiger partial charge >= 0.3 is 0 Å².